The average Bonchev–Trinajstić information content (AvgIpc) is 2.61. The van der Waals surface area contributed by atoms with Gasteiger partial charge in [-0.1, -0.05) is 4.49 Å². The molecule has 1 aliphatic heterocycles. The van der Waals surface area contributed by atoms with Crippen molar-refractivity contribution in [3.63, 3.8) is 0 Å². The van der Waals surface area contributed by atoms with Crippen LogP contribution in [0, 0.1) is 0 Å². The summed E-state index contributed by atoms with van der Waals surface area (Å²) >= 11 is 1.41. The fourth-order valence-electron chi connectivity index (χ4n) is 1.94. The molecular weight excluding hydrogens is 224 g/mol. The molecule has 0 aromatic carbocycles. The molecule has 0 aliphatic carbocycles. The van der Waals surface area contributed by atoms with Crippen molar-refractivity contribution in [1.29, 1.82) is 0 Å². The largest absolute Gasteiger partial charge is 0.377 e. The van der Waals surface area contributed by atoms with Gasteiger partial charge in [0.05, 0.1) is 6.10 Å². The van der Waals surface area contributed by atoms with E-state index >= 15 is 0 Å². The number of aromatic nitrogens is 2. The maximum absolute atomic E-state index is 5.62. The van der Waals surface area contributed by atoms with E-state index in [4.69, 9.17) is 4.74 Å². The minimum Gasteiger partial charge on any atom is -0.377 e. The first-order valence-electron chi connectivity index (χ1n) is 5.62. The third kappa shape index (κ3) is 2.90. The van der Waals surface area contributed by atoms with Crippen LogP contribution >= 0.6 is 11.5 Å². The van der Waals surface area contributed by atoms with Gasteiger partial charge in [0, 0.05) is 44.8 Å². The third-order valence-electron chi connectivity index (χ3n) is 2.69. The Hall–Kier alpha value is -0.720. The van der Waals surface area contributed by atoms with Gasteiger partial charge >= 0.3 is 0 Å². The quantitative estimate of drug-likeness (QED) is 0.863. The highest BCUT2D eigenvalue weighted by Crippen LogP contribution is 2.19. The molecular formula is C10H18N4OS. The van der Waals surface area contributed by atoms with Crippen LogP contribution in [0.1, 0.15) is 19.0 Å². The zero-order valence-electron chi connectivity index (χ0n) is 9.77. The highest BCUT2D eigenvalue weighted by atomic mass is 32.1. The average molecular weight is 242 g/mol. The van der Waals surface area contributed by atoms with Crippen molar-refractivity contribution in [1.82, 2.24) is 14.5 Å². The van der Waals surface area contributed by atoms with Crippen molar-refractivity contribution in [3.05, 3.63) is 5.69 Å². The van der Waals surface area contributed by atoms with E-state index in [0.717, 1.165) is 43.4 Å². The summed E-state index contributed by atoms with van der Waals surface area (Å²) < 4.78 is 9.59. The molecule has 0 saturated carbocycles. The van der Waals surface area contributed by atoms with Crippen molar-refractivity contribution in [2.75, 3.05) is 32.1 Å². The maximum Gasteiger partial charge on any atom is 0.134 e. The van der Waals surface area contributed by atoms with Crippen molar-refractivity contribution < 1.29 is 4.74 Å². The molecule has 2 rings (SSSR count). The lowest BCUT2D eigenvalue weighted by Gasteiger charge is -2.20. The predicted molar refractivity (Wildman–Crippen MR) is 64.8 cm³/mol. The van der Waals surface area contributed by atoms with Crippen molar-refractivity contribution in [2.24, 2.45) is 0 Å². The van der Waals surface area contributed by atoms with E-state index in [-0.39, 0.29) is 0 Å². The first-order valence-corrected chi connectivity index (χ1v) is 6.40. The molecule has 0 spiro atoms. The molecule has 1 N–H and O–H groups in total. The Morgan fingerprint density at radius 2 is 2.50 bits per heavy atom. The number of ether oxygens (including phenoxy) is 1. The van der Waals surface area contributed by atoms with E-state index in [1.165, 1.54) is 11.5 Å². The van der Waals surface area contributed by atoms with Gasteiger partial charge in [-0.05, 0) is 13.3 Å². The first kappa shape index (κ1) is 11.8. The third-order valence-corrected chi connectivity index (χ3v) is 3.48. The highest BCUT2D eigenvalue weighted by molar-refractivity contribution is 7.10. The normalized spacial score (nSPS) is 23.0. The summed E-state index contributed by atoms with van der Waals surface area (Å²) in [5.41, 5.74) is 1.04. The molecule has 5 nitrogen and oxygen atoms in total. The Kier molecular flexibility index (Phi) is 4.09. The van der Waals surface area contributed by atoms with Gasteiger partial charge in [0.15, 0.2) is 0 Å². The summed E-state index contributed by atoms with van der Waals surface area (Å²) in [6.07, 6.45) is 1.41. The molecule has 1 aliphatic rings. The molecule has 1 aromatic rings. The molecule has 1 aromatic heterocycles. The molecule has 90 valence electrons. The van der Waals surface area contributed by atoms with Gasteiger partial charge in [-0.15, -0.1) is 5.10 Å². The second-order valence-corrected chi connectivity index (χ2v) is 4.82. The number of nitrogens with one attached hydrogen (secondary N) is 1. The van der Waals surface area contributed by atoms with Gasteiger partial charge < -0.3 is 10.1 Å². The molecule has 1 fully saturated rings. The summed E-state index contributed by atoms with van der Waals surface area (Å²) in [6, 6.07) is 0. The van der Waals surface area contributed by atoms with Crippen LogP contribution in [0.15, 0.2) is 0 Å². The molecule has 0 bridgehead atoms. The van der Waals surface area contributed by atoms with Crippen LogP contribution in [0.2, 0.25) is 0 Å². The summed E-state index contributed by atoms with van der Waals surface area (Å²) in [4.78, 5) is 2.38. The van der Waals surface area contributed by atoms with Gasteiger partial charge in [-0.3, -0.25) is 4.90 Å². The van der Waals surface area contributed by atoms with Crippen LogP contribution < -0.4 is 5.32 Å². The zero-order chi connectivity index (χ0) is 11.4. The van der Waals surface area contributed by atoms with Gasteiger partial charge in [0.1, 0.15) is 10.7 Å². The molecule has 2 heterocycles. The molecule has 1 saturated heterocycles. The molecule has 1 unspecified atom stereocenters. The molecule has 6 heteroatoms. The van der Waals surface area contributed by atoms with Crippen LogP contribution in [0.4, 0.5) is 5.00 Å². The summed E-state index contributed by atoms with van der Waals surface area (Å²) in [5.74, 6) is 0. The minimum atomic E-state index is 0.312. The van der Waals surface area contributed by atoms with Gasteiger partial charge in [-0.25, -0.2) is 0 Å². The second kappa shape index (κ2) is 5.56. The maximum atomic E-state index is 5.62. The standard InChI is InChI=1S/C10H18N4OS/c1-8-6-14(4-3-5-15-8)7-9-10(11-2)16-13-12-9/h8,11H,3-7H2,1-2H3. The Balaban J connectivity index is 1.97. The number of hydrogen-bond acceptors (Lipinski definition) is 6. The summed E-state index contributed by atoms with van der Waals surface area (Å²) in [6.45, 7) is 5.90. The van der Waals surface area contributed by atoms with Crippen LogP contribution in [0.3, 0.4) is 0 Å². The lowest BCUT2D eigenvalue weighted by Crippen LogP contribution is -2.30. The van der Waals surface area contributed by atoms with E-state index in [1.807, 2.05) is 7.05 Å². The summed E-state index contributed by atoms with van der Waals surface area (Å²) in [7, 11) is 1.91. The molecule has 0 amide bonds. The van der Waals surface area contributed by atoms with E-state index < -0.39 is 0 Å². The number of hydrogen-bond donors (Lipinski definition) is 1. The van der Waals surface area contributed by atoms with Crippen molar-refractivity contribution in [3.8, 4) is 0 Å². The SMILES string of the molecule is CNc1snnc1CN1CCCOC(C)C1. The lowest BCUT2D eigenvalue weighted by molar-refractivity contribution is 0.0666. The van der Waals surface area contributed by atoms with E-state index in [2.05, 4.69) is 26.7 Å². The van der Waals surface area contributed by atoms with E-state index in [0.29, 0.717) is 6.10 Å². The number of nitrogens with zero attached hydrogens (tertiary/aromatic N) is 3. The van der Waals surface area contributed by atoms with E-state index in [9.17, 15) is 0 Å². The predicted octanol–water partition coefficient (Wildman–Crippen LogP) is 1.19. The van der Waals surface area contributed by atoms with Gasteiger partial charge in [0.25, 0.3) is 0 Å². The molecule has 16 heavy (non-hydrogen) atoms. The van der Waals surface area contributed by atoms with Crippen molar-refractivity contribution >= 4 is 16.5 Å². The van der Waals surface area contributed by atoms with Crippen LogP contribution in [0.25, 0.3) is 0 Å². The zero-order valence-corrected chi connectivity index (χ0v) is 10.6. The number of anilines is 1. The smallest absolute Gasteiger partial charge is 0.134 e. The summed E-state index contributed by atoms with van der Waals surface area (Å²) in [5, 5.41) is 8.36. The topological polar surface area (TPSA) is 50.3 Å². The Morgan fingerprint density at radius 3 is 3.31 bits per heavy atom. The first-order chi connectivity index (χ1) is 7.79. The Morgan fingerprint density at radius 1 is 1.62 bits per heavy atom. The van der Waals surface area contributed by atoms with Gasteiger partial charge in [-0.2, -0.15) is 0 Å². The minimum absolute atomic E-state index is 0.312. The van der Waals surface area contributed by atoms with Gasteiger partial charge in [0.2, 0.25) is 0 Å². The number of rotatable bonds is 3. The van der Waals surface area contributed by atoms with Crippen LogP contribution in [0.5, 0.6) is 0 Å². The molecule has 0 radical (unpaired) electrons. The fourth-order valence-corrected chi connectivity index (χ4v) is 2.46. The van der Waals surface area contributed by atoms with Crippen molar-refractivity contribution in [2.45, 2.75) is 26.0 Å². The Bertz CT molecular complexity index is 330. The van der Waals surface area contributed by atoms with Crippen LogP contribution in [-0.4, -0.2) is 47.3 Å². The Labute approximate surface area is 100.0 Å². The molecule has 1 atom stereocenters. The van der Waals surface area contributed by atoms with Crippen LogP contribution in [-0.2, 0) is 11.3 Å². The monoisotopic (exact) mass is 242 g/mol. The second-order valence-electron chi connectivity index (χ2n) is 4.07. The lowest BCUT2D eigenvalue weighted by atomic mass is 10.3. The fraction of sp³-hybridized carbons (Fsp3) is 0.800. The highest BCUT2D eigenvalue weighted by Gasteiger charge is 2.17. The van der Waals surface area contributed by atoms with E-state index in [1.54, 1.807) is 0 Å².